The van der Waals surface area contributed by atoms with Crippen molar-refractivity contribution in [2.24, 2.45) is 5.16 Å². The summed E-state index contributed by atoms with van der Waals surface area (Å²) in [6, 6.07) is 5.79. The maximum Gasteiger partial charge on any atom is 0.356 e. The number of unbranched alkanes of at least 4 members (excludes halogenated alkanes) is 1. The molecule has 0 aliphatic rings. The molecule has 1 aromatic rings. The van der Waals surface area contributed by atoms with E-state index in [0.29, 0.717) is 31.6 Å². The number of hydrogen-bond donors (Lipinski definition) is 1. The van der Waals surface area contributed by atoms with Crippen LogP contribution in [0.5, 0.6) is 5.75 Å². The van der Waals surface area contributed by atoms with Crippen molar-refractivity contribution in [2.75, 3.05) is 13.2 Å². The van der Waals surface area contributed by atoms with Crippen LogP contribution in [-0.2, 0) is 9.53 Å². The highest BCUT2D eigenvalue weighted by molar-refractivity contribution is 6.36. The first-order valence-corrected chi connectivity index (χ1v) is 6.83. The number of hydrogen-bond acceptors (Lipinski definition) is 7. The van der Waals surface area contributed by atoms with E-state index in [4.69, 9.17) is 14.7 Å². The molecule has 0 atom stereocenters. The molecule has 8 heteroatoms. The van der Waals surface area contributed by atoms with E-state index in [-0.39, 0.29) is 18.0 Å². The van der Waals surface area contributed by atoms with Crippen LogP contribution in [0.3, 0.4) is 0 Å². The molecule has 0 bridgehead atoms. The van der Waals surface area contributed by atoms with Crippen molar-refractivity contribution in [1.29, 1.82) is 0 Å². The molecule has 0 fully saturated rings. The van der Waals surface area contributed by atoms with E-state index < -0.39 is 10.9 Å². The van der Waals surface area contributed by atoms with Crippen LogP contribution in [0.4, 0.5) is 5.69 Å². The Morgan fingerprint density at radius 1 is 1.32 bits per heavy atom. The molecular weight excluding hydrogens is 292 g/mol. The van der Waals surface area contributed by atoms with Gasteiger partial charge < -0.3 is 14.7 Å². The lowest BCUT2D eigenvalue weighted by molar-refractivity contribution is -0.384. The first-order valence-electron chi connectivity index (χ1n) is 6.83. The van der Waals surface area contributed by atoms with Gasteiger partial charge in [-0.15, -0.1) is 0 Å². The molecule has 0 aliphatic carbocycles. The Kier molecular flexibility index (Phi) is 7.38. The third kappa shape index (κ3) is 5.78. The number of ether oxygens (including phenoxy) is 2. The van der Waals surface area contributed by atoms with Crippen LogP contribution in [0.1, 0.15) is 26.2 Å². The smallest absolute Gasteiger partial charge is 0.356 e. The van der Waals surface area contributed by atoms with Gasteiger partial charge >= 0.3 is 5.97 Å². The Labute approximate surface area is 127 Å². The molecular formula is C14H18N2O6. The quantitative estimate of drug-likeness (QED) is 0.187. The average molecular weight is 310 g/mol. The summed E-state index contributed by atoms with van der Waals surface area (Å²) >= 11 is 0. The van der Waals surface area contributed by atoms with E-state index in [9.17, 15) is 14.9 Å². The lowest BCUT2D eigenvalue weighted by Crippen LogP contribution is -2.17. The predicted octanol–water partition coefficient (Wildman–Crippen LogP) is 2.54. The third-order valence-corrected chi connectivity index (χ3v) is 2.76. The minimum atomic E-state index is -0.624. The average Bonchev–Trinajstić information content (AvgIpc) is 2.51. The summed E-state index contributed by atoms with van der Waals surface area (Å²) in [6.07, 6.45) is 1.51. The van der Waals surface area contributed by atoms with Gasteiger partial charge in [0.15, 0.2) is 5.71 Å². The molecule has 1 rings (SSSR count). The molecule has 0 heterocycles. The Bertz CT molecular complexity index is 527. The Balaban J connectivity index is 2.27. The number of oxime groups is 1. The summed E-state index contributed by atoms with van der Waals surface area (Å²) in [5.74, 6) is -0.0895. The number of rotatable bonds is 9. The summed E-state index contributed by atoms with van der Waals surface area (Å²) in [5.41, 5.74) is -0.0113. The first kappa shape index (κ1) is 17.4. The van der Waals surface area contributed by atoms with Gasteiger partial charge in [-0.1, -0.05) is 5.16 Å². The number of nitrogens with zero attached hydrogens (tertiary/aromatic N) is 2. The van der Waals surface area contributed by atoms with Crippen LogP contribution in [0.25, 0.3) is 0 Å². The molecule has 1 N–H and O–H groups in total. The monoisotopic (exact) mass is 310 g/mol. The second-order valence-corrected chi connectivity index (χ2v) is 4.32. The normalized spacial score (nSPS) is 11.0. The fraction of sp³-hybridized carbons (Fsp3) is 0.429. The minimum absolute atomic E-state index is 0.00517. The molecule has 0 saturated heterocycles. The number of nitro benzene ring substituents is 1. The van der Waals surface area contributed by atoms with E-state index in [2.05, 4.69) is 5.16 Å². The topological polar surface area (TPSA) is 111 Å². The van der Waals surface area contributed by atoms with Gasteiger partial charge in [-0.05, 0) is 31.9 Å². The summed E-state index contributed by atoms with van der Waals surface area (Å²) in [6.45, 7) is 2.28. The summed E-state index contributed by atoms with van der Waals surface area (Å²) < 4.78 is 10.2. The number of esters is 1. The highest BCUT2D eigenvalue weighted by Gasteiger charge is 2.12. The molecule has 1 aromatic carbocycles. The van der Waals surface area contributed by atoms with Crippen LogP contribution in [0.2, 0.25) is 0 Å². The lowest BCUT2D eigenvalue weighted by Gasteiger charge is -2.06. The molecule has 0 aliphatic heterocycles. The van der Waals surface area contributed by atoms with Gasteiger partial charge in [0.25, 0.3) is 5.69 Å². The third-order valence-electron chi connectivity index (χ3n) is 2.76. The number of carbonyl (C=O) groups is 1. The maximum atomic E-state index is 11.3. The van der Waals surface area contributed by atoms with Gasteiger partial charge in [-0.2, -0.15) is 0 Å². The Morgan fingerprint density at radius 3 is 2.55 bits per heavy atom. The SMILES string of the molecule is CCOC(=O)/C(CCCCOc1ccc([N+](=O)[O-])cc1)=N/O. The standard InChI is InChI=1S/C14H18N2O6/c1-2-21-14(17)13(15-18)5-3-4-10-22-12-8-6-11(7-9-12)16(19)20/h6-9,18H,2-5,10H2,1H3/b15-13+. The number of benzene rings is 1. The van der Waals surface area contributed by atoms with Gasteiger partial charge in [0, 0.05) is 18.6 Å². The van der Waals surface area contributed by atoms with Crippen LogP contribution in [0, 0.1) is 10.1 Å². The van der Waals surface area contributed by atoms with Crippen molar-refractivity contribution in [3.05, 3.63) is 34.4 Å². The van der Waals surface area contributed by atoms with Gasteiger partial charge in [0.1, 0.15) is 5.75 Å². The highest BCUT2D eigenvalue weighted by Crippen LogP contribution is 2.17. The molecule has 22 heavy (non-hydrogen) atoms. The zero-order valence-electron chi connectivity index (χ0n) is 12.2. The van der Waals surface area contributed by atoms with Crippen molar-refractivity contribution in [3.8, 4) is 5.75 Å². The second kappa shape index (κ2) is 9.32. The fourth-order valence-electron chi connectivity index (χ4n) is 1.66. The molecule has 0 amide bonds. The molecule has 0 unspecified atom stereocenters. The number of non-ortho nitro benzene ring substituents is 1. The van der Waals surface area contributed by atoms with E-state index >= 15 is 0 Å². The van der Waals surface area contributed by atoms with Crippen molar-refractivity contribution < 1.29 is 24.4 Å². The first-order chi connectivity index (χ1) is 10.6. The lowest BCUT2D eigenvalue weighted by atomic mass is 10.2. The van der Waals surface area contributed by atoms with Crippen molar-refractivity contribution in [1.82, 2.24) is 0 Å². The predicted molar refractivity (Wildman–Crippen MR) is 78.3 cm³/mol. The fourth-order valence-corrected chi connectivity index (χ4v) is 1.66. The van der Waals surface area contributed by atoms with Gasteiger partial charge in [0.2, 0.25) is 0 Å². The molecule has 8 nitrogen and oxygen atoms in total. The van der Waals surface area contributed by atoms with E-state index in [1.54, 1.807) is 6.92 Å². The highest BCUT2D eigenvalue weighted by atomic mass is 16.6. The molecule has 0 radical (unpaired) electrons. The van der Waals surface area contributed by atoms with Crippen LogP contribution >= 0.6 is 0 Å². The van der Waals surface area contributed by atoms with Crippen molar-refractivity contribution in [2.45, 2.75) is 26.2 Å². The second-order valence-electron chi connectivity index (χ2n) is 4.32. The van der Waals surface area contributed by atoms with E-state index in [1.165, 1.54) is 24.3 Å². The Morgan fingerprint density at radius 2 is 2.00 bits per heavy atom. The number of nitro groups is 1. The van der Waals surface area contributed by atoms with E-state index in [0.717, 1.165) is 0 Å². The minimum Gasteiger partial charge on any atom is -0.494 e. The zero-order valence-corrected chi connectivity index (χ0v) is 12.2. The summed E-state index contributed by atoms with van der Waals surface area (Å²) in [4.78, 5) is 21.4. The van der Waals surface area contributed by atoms with Crippen LogP contribution in [0.15, 0.2) is 29.4 Å². The van der Waals surface area contributed by atoms with Gasteiger partial charge in [-0.3, -0.25) is 10.1 Å². The zero-order chi connectivity index (χ0) is 16.4. The summed E-state index contributed by atoms with van der Waals surface area (Å²) in [7, 11) is 0. The Hall–Kier alpha value is -2.64. The molecule has 0 spiro atoms. The van der Waals surface area contributed by atoms with E-state index in [1.807, 2.05) is 0 Å². The molecule has 0 saturated carbocycles. The number of carbonyl (C=O) groups excluding carboxylic acids is 1. The maximum absolute atomic E-state index is 11.3. The van der Waals surface area contributed by atoms with Crippen LogP contribution in [-0.4, -0.2) is 35.0 Å². The molecule has 0 aromatic heterocycles. The molecule has 120 valence electrons. The van der Waals surface area contributed by atoms with Crippen molar-refractivity contribution in [3.63, 3.8) is 0 Å². The largest absolute Gasteiger partial charge is 0.494 e. The van der Waals surface area contributed by atoms with Gasteiger partial charge in [0.05, 0.1) is 18.1 Å². The van der Waals surface area contributed by atoms with Crippen molar-refractivity contribution >= 4 is 17.4 Å². The van der Waals surface area contributed by atoms with Crippen LogP contribution < -0.4 is 4.74 Å². The van der Waals surface area contributed by atoms with Gasteiger partial charge in [-0.25, -0.2) is 4.79 Å². The summed E-state index contributed by atoms with van der Waals surface area (Å²) in [5, 5.41) is 22.2.